The summed E-state index contributed by atoms with van der Waals surface area (Å²) in [6.45, 7) is 1.16. The van der Waals surface area contributed by atoms with E-state index in [-0.39, 0.29) is 18.3 Å². The van der Waals surface area contributed by atoms with Crippen LogP contribution >= 0.6 is 12.4 Å². The molecule has 2 N–H and O–H groups in total. The van der Waals surface area contributed by atoms with Crippen LogP contribution in [0.4, 0.5) is 5.69 Å². The maximum Gasteiger partial charge on any atom is 0.238 e. The SMILES string of the molecule is Cl.O=C1CNCc2ccccc2N1. The van der Waals surface area contributed by atoms with Crippen molar-refractivity contribution in [3.05, 3.63) is 29.8 Å². The normalized spacial score (nSPS) is 14.9. The van der Waals surface area contributed by atoms with E-state index in [9.17, 15) is 4.79 Å². The summed E-state index contributed by atoms with van der Waals surface area (Å²) in [4.78, 5) is 11.1. The van der Waals surface area contributed by atoms with Crippen molar-refractivity contribution in [2.24, 2.45) is 0 Å². The van der Waals surface area contributed by atoms with E-state index in [4.69, 9.17) is 0 Å². The van der Waals surface area contributed by atoms with Crippen LogP contribution in [0.25, 0.3) is 0 Å². The predicted octanol–water partition coefficient (Wildman–Crippen LogP) is 1.15. The molecule has 0 aliphatic carbocycles. The van der Waals surface area contributed by atoms with Crippen molar-refractivity contribution in [3.8, 4) is 0 Å². The Labute approximate surface area is 82.9 Å². The Hall–Kier alpha value is -1.06. The van der Waals surface area contributed by atoms with E-state index in [1.807, 2.05) is 24.3 Å². The van der Waals surface area contributed by atoms with Gasteiger partial charge in [0.15, 0.2) is 0 Å². The molecule has 1 aromatic rings. The van der Waals surface area contributed by atoms with Crippen molar-refractivity contribution >= 4 is 24.0 Å². The number of anilines is 1. The van der Waals surface area contributed by atoms with E-state index in [0.717, 1.165) is 17.8 Å². The molecule has 1 aliphatic heterocycles. The first-order valence-corrected chi connectivity index (χ1v) is 3.95. The number of nitrogens with one attached hydrogen (secondary N) is 2. The fourth-order valence-electron chi connectivity index (χ4n) is 1.30. The second-order valence-corrected chi connectivity index (χ2v) is 2.81. The Kier molecular flexibility index (Phi) is 3.28. The second kappa shape index (κ2) is 4.25. The predicted molar refractivity (Wildman–Crippen MR) is 54.0 cm³/mol. The van der Waals surface area contributed by atoms with Crippen molar-refractivity contribution < 1.29 is 4.79 Å². The second-order valence-electron chi connectivity index (χ2n) is 2.81. The van der Waals surface area contributed by atoms with E-state index < -0.39 is 0 Å². The lowest BCUT2D eigenvalue weighted by Gasteiger charge is -2.03. The van der Waals surface area contributed by atoms with Gasteiger partial charge in [-0.15, -0.1) is 12.4 Å². The lowest BCUT2D eigenvalue weighted by molar-refractivity contribution is -0.115. The largest absolute Gasteiger partial charge is 0.325 e. The number of fused-ring (bicyclic) bond motifs is 1. The number of amides is 1. The molecule has 70 valence electrons. The topological polar surface area (TPSA) is 41.1 Å². The standard InChI is InChI=1S/C9H10N2O.ClH/c12-9-6-10-5-7-3-1-2-4-8(7)11-9;/h1-4,10H,5-6H2,(H,11,12);1H. The molecule has 1 aliphatic rings. The third kappa shape index (κ3) is 2.20. The third-order valence-electron chi connectivity index (χ3n) is 1.89. The van der Waals surface area contributed by atoms with Crippen LogP contribution in [-0.4, -0.2) is 12.5 Å². The molecule has 0 spiro atoms. The Morgan fingerprint density at radius 1 is 1.15 bits per heavy atom. The first kappa shape index (κ1) is 10.0. The van der Waals surface area contributed by atoms with Gasteiger partial charge in [-0.25, -0.2) is 0 Å². The van der Waals surface area contributed by atoms with E-state index in [1.165, 1.54) is 0 Å². The minimum absolute atomic E-state index is 0. The van der Waals surface area contributed by atoms with Crippen LogP contribution < -0.4 is 10.6 Å². The summed E-state index contributed by atoms with van der Waals surface area (Å²) in [7, 11) is 0. The van der Waals surface area contributed by atoms with Gasteiger partial charge >= 0.3 is 0 Å². The molecule has 1 aromatic carbocycles. The number of carbonyl (C=O) groups excluding carboxylic acids is 1. The minimum Gasteiger partial charge on any atom is -0.325 e. The van der Waals surface area contributed by atoms with Crippen LogP contribution in [0.1, 0.15) is 5.56 Å². The highest BCUT2D eigenvalue weighted by molar-refractivity contribution is 5.93. The molecular formula is C9H11ClN2O. The van der Waals surface area contributed by atoms with Crippen LogP contribution in [0.3, 0.4) is 0 Å². The van der Waals surface area contributed by atoms with Gasteiger partial charge in [-0.1, -0.05) is 18.2 Å². The van der Waals surface area contributed by atoms with Gasteiger partial charge < -0.3 is 10.6 Å². The Morgan fingerprint density at radius 3 is 2.77 bits per heavy atom. The molecule has 13 heavy (non-hydrogen) atoms. The molecule has 0 fully saturated rings. The van der Waals surface area contributed by atoms with E-state index in [2.05, 4.69) is 10.6 Å². The molecule has 0 saturated heterocycles. The Balaban J connectivity index is 0.000000845. The van der Waals surface area contributed by atoms with Gasteiger partial charge in [-0.05, 0) is 11.6 Å². The molecule has 0 aromatic heterocycles. The minimum atomic E-state index is 0. The monoisotopic (exact) mass is 198 g/mol. The van der Waals surface area contributed by atoms with Gasteiger partial charge in [0.2, 0.25) is 5.91 Å². The molecule has 1 heterocycles. The molecule has 2 rings (SSSR count). The lowest BCUT2D eigenvalue weighted by Crippen LogP contribution is -2.23. The molecule has 0 unspecified atom stereocenters. The van der Waals surface area contributed by atoms with Crippen molar-refractivity contribution in [2.45, 2.75) is 6.54 Å². The van der Waals surface area contributed by atoms with Gasteiger partial charge in [0.1, 0.15) is 0 Å². The van der Waals surface area contributed by atoms with Crippen LogP contribution in [0.15, 0.2) is 24.3 Å². The maximum atomic E-state index is 11.1. The van der Waals surface area contributed by atoms with Crippen LogP contribution in [0.5, 0.6) is 0 Å². The molecule has 0 saturated carbocycles. The van der Waals surface area contributed by atoms with Crippen molar-refractivity contribution in [2.75, 3.05) is 11.9 Å². The zero-order valence-electron chi connectivity index (χ0n) is 7.04. The van der Waals surface area contributed by atoms with E-state index >= 15 is 0 Å². The van der Waals surface area contributed by atoms with Gasteiger partial charge in [0.05, 0.1) is 6.54 Å². The van der Waals surface area contributed by atoms with Gasteiger partial charge in [0.25, 0.3) is 0 Å². The highest BCUT2D eigenvalue weighted by atomic mass is 35.5. The van der Waals surface area contributed by atoms with Crippen molar-refractivity contribution in [1.82, 2.24) is 5.32 Å². The van der Waals surface area contributed by atoms with E-state index in [1.54, 1.807) is 0 Å². The maximum absolute atomic E-state index is 11.1. The molecule has 0 atom stereocenters. The quantitative estimate of drug-likeness (QED) is 0.657. The average molecular weight is 199 g/mol. The summed E-state index contributed by atoms with van der Waals surface area (Å²) < 4.78 is 0. The lowest BCUT2D eigenvalue weighted by atomic mass is 10.2. The first-order chi connectivity index (χ1) is 5.86. The summed E-state index contributed by atoms with van der Waals surface area (Å²) >= 11 is 0. The van der Waals surface area contributed by atoms with Crippen LogP contribution in [-0.2, 0) is 11.3 Å². The Morgan fingerprint density at radius 2 is 1.92 bits per heavy atom. The van der Waals surface area contributed by atoms with Gasteiger partial charge in [-0.2, -0.15) is 0 Å². The molecular weight excluding hydrogens is 188 g/mol. The fraction of sp³-hybridized carbons (Fsp3) is 0.222. The highest BCUT2D eigenvalue weighted by Crippen LogP contribution is 2.15. The number of hydrogen-bond donors (Lipinski definition) is 2. The third-order valence-corrected chi connectivity index (χ3v) is 1.89. The molecule has 1 amide bonds. The summed E-state index contributed by atoms with van der Waals surface area (Å²) in [6, 6.07) is 7.82. The summed E-state index contributed by atoms with van der Waals surface area (Å²) in [5.41, 5.74) is 2.07. The number of benzene rings is 1. The number of carbonyl (C=O) groups is 1. The van der Waals surface area contributed by atoms with Crippen molar-refractivity contribution in [3.63, 3.8) is 0 Å². The molecule has 4 heteroatoms. The number of hydrogen-bond acceptors (Lipinski definition) is 2. The van der Waals surface area contributed by atoms with Crippen LogP contribution in [0, 0.1) is 0 Å². The van der Waals surface area contributed by atoms with Crippen LogP contribution in [0.2, 0.25) is 0 Å². The fourth-order valence-corrected chi connectivity index (χ4v) is 1.30. The summed E-state index contributed by atoms with van der Waals surface area (Å²) in [6.07, 6.45) is 0. The average Bonchev–Trinajstić information content (AvgIpc) is 2.25. The first-order valence-electron chi connectivity index (χ1n) is 3.95. The molecule has 0 bridgehead atoms. The highest BCUT2D eigenvalue weighted by Gasteiger charge is 2.09. The Bertz CT molecular complexity index is 314. The van der Waals surface area contributed by atoms with E-state index in [0.29, 0.717) is 6.54 Å². The van der Waals surface area contributed by atoms with Gasteiger partial charge in [0, 0.05) is 12.2 Å². The number of halogens is 1. The smallest absolute Gasteiger partial charge is 0.238 e. The zero-order chi connectivity index (χ0) is 8.39. The van der Waals surface area contributed by atoms with Gasteiger partial charge in [-0.3, -0.25) is 4.79 Å². The van der Waals surface area contributed by atoms with Crippen molar-refractivity contribution in [1.29, 1.82) is 0 Å². The molecule has 3 nitrogen and oxygen atoms in total. The summed E-state index contributed by atoms with van der Waals surface area (Å²) in [5.74, 6) is 0.0277. The molecule has 0 radical (unpaired) electrons. The number of para-hydroxylation sites is 1. The zero-order valence-corrected chi connectivity index (χ0v) is 7.86. The summed E-state index contributed by atoms with van der Waals surface area (Å²) in [5, 5.41) is 5.86. The number of rotatable bonds is 0.